The topological polar surface area (TPSA) is 43.2 Å². The monoisotopic (exact) mass is 286 g/mol. The Balaban J connectivity index is 1.98. The minimum atomic E-state index is 0.117. The van der Waals surface area contributed by atoms with Crippen molar-refractivity contribution < 1.29 is 4.74 Å². The molecular weight excluding hydrogens is 264 g/mol. The van der Waals surface area contributed by atoms with Crippen LogP contribution in [0.3, 0.4) is 0 Å². The minimum absolute atomic E-state index is 0.117. The lowest BCUT2D eigenvalue weighted by atomic mass is 10.2. The lowest BCUT2D eigenvalue weighted by Gasteiger charge is -2.35. The summed E-state index contributed by atoms with van der Waals surface area (Å²) in [5.74, 6) is 2.13. The summed E-state index contributed by atoms with van der Waals surface area (Å²) < 4.78 is 7.76. The van der Waals surface area contributed by atoms with E-state index in [1.807, 2.05) is 4.68 Å². The third kappa shape index (κ3) is 4.16. The van der Waals surface area contributed by atoms with E-state index in [4.69, 9.17) is 16.3 Å². The molecule has 1 aromatic rings. The van der Waals surface area contributed by atoms with E-state index in [1.54, 1.807) is 6.33 Å². The Morgan fingerprint density at radius 3 is 2.95 bits per heavy atom. The summed E-state index contributed by atoms with van der Waals surface area (Å²) in [5, 5.41) is 4.30. The maximum absolute atomic E-state index is 5.91. The number of morpholine rings is 1. The molecule has 19 heavy (non-hydrogen) atoms. The third-order valence-electron chi connectivity index (χ3n) is 3.17. The van der Waals surface area contributed by atoms with Gasteiger partial charge in [0, 0.05) is 25.5 Å². The molecule has 1 saturated heterocycles. The van der Waals surface area contributed by atoms with Crippen LogP contribution in [0.2, 0.25) is 0 Å². The molecular formula is C13H23ClN4O. The Hall–Kier alpha value is -0.650. The summed E-state index contributed by atoms with van der Waals surface area (Å²) in [6, 6.07) is 0. The standard InChI is InChI=1S/C13H23ClN4O/c1-10(2)5-18-13(15-9-16-18)8-17-6-11(3)19-12(4-14)7-17/h9-12H,4-8H2,1-3H3. The van der Waals surface area contributed by atoms with Gasteiger partial charge < -0.3 is 4.74 Å². The number of rotatable bonds is 5. The molecule has 2 rings (SSSR count). The molecule has 0 radical (unpaired) electrons. The molecule has 1 fully saturated rings. The van der Waals surface area contributed by atoms with Crippen LogP contribution in [0.15, 0.2) is 6.33 Å². The van der Waals surface area contributed by atoms with E-state index in [0.29, 0.717) is 11.8 Å². The second-order valence-electron chi connectivity index (χ2n) is 5.67. The predicted molar refractivity (Wildman–Crippen MR) is 75.2 cm³/mol. The van der Waals surface area contributed by atoms with Crippen LogP contribution in [0.25, 0.3) is 0 Å². The van der Waals surface area contributed by atoms with Crippen molar-refractivity contribution in [3.63, 3.8) is 0 Å². The molecule has 0 bridgehead atoms. The summed E-state index contributed by atoms with van der Waals surface area (Å²) >= 11 is 5.91. The van der Waals surface area contributed by atoms with Crippen LogP contribution in [0.1, 0.15) is 26.6 Å². The van der Waals surface area contributed by atoms with Crippen molar-refractivity contribution >= 4 is 11.6 Å². The third-order valence-corrected chi connectivity index (χ3v) is 3.52. The van der Waals surface area contributed by atoms with Gasteiger partial charge in [-0.15, -0.1) is 11.6 Å². The van der Waals surface area contributed by atoms with Crippen molar-refractivity contribution in [2.45, 2.75) is 46.1 Å². The van der Waals surface area contributed by atoms with E-state index >= 15 is 0 Å². The van der Waals surface area contributed by atoms with Gasteiger partial charge >= 0.3 is 0 Å². The van der Waals surface area contributed by atoms with Crippen LogP contribution in [-0.4, -0.2) is 50.8 Å². The zero-order chi connectivity index (χ0) is 13.8. The van der Waals surface area contributed by atoms with Gasteiger partial charge in [0.2, 0.25) is 0 Å². The van der Waals surface area contributed by atoms with Crippen LogP contribution >= 0.6 is 11.6 Å². The molecule has 0 spiro atoms. The van der Waals surface area contributed by atoms with Crippen molar-refractivity contribution in [2.24, 2.45) is 5.92 Å². The number of nitrogens with zero attached hydrogens (tertiary/aromatic N) is 4. The van der Waals surface area contributed by atoms with E-state index in [0.717, 1.165) is 32.0 Å². The molecule has 1 aromatic heterocycles. The second kappa shape index (κ2) is 6.68. The molecule has 2 atom stereocenters. The molecule has 0 N–H and O–H groups in total. The first-order valence-corrected chi connectivity index (χ1v) is 7.42. The number of hydrogen-bond donors (Lipinski definition) is 0. The molecule has 5 nitrogen and oxygen atoms in total. The Labute approximate surface area is 119 Å². The van der Waals surface area contributed by atoms with Gasteiger partial charge in [-0.25, -0.2) is 9.67 Å². The van der Waals surface area contributed by atoms with Crippen LogP contribution < -0.4 is 0 Å². The lowest BCUT2D eigenvalue weighted by Crippen LogP contribution is -2.47. The van der Waals surface area contributed by atoms with E-state index in [-0.39, 0.29) is 12.2 Å². The SMILES string of the molecule is CC(C)Cn1ncnc1CN1CC(C)OC(CCl)C1. The fourth-order valence-corrected chi connectivity index (χ4v) is 2.63. The van der Waals surface area contributed by atoms with Gasteiger partial charge in [0.25, 0.3) is 0 Å². The maximum atomic E-state index is 5.91. The van der Waals surface area contributed by atoms with Gasteiger partial charge in [0.05, 0.1) is 18.8 Å². The van der Waals surface area contributed by atoms with Gasteiger partial charge in [0.1, 0.15) is 12.2 Å². The quantitative estimate of drug-likeness (QED) is 0.774. The number of alkyl halides is 1. The first kappa shape index (κ1) is 14.8. The Morgan fingerprint density at radius 2 is 2.26 bits per heavy atom. The molecule has 0 amide bonds. The zero-order valence-electron chi connectivity index (χ0n) is 11.9. The number of halogens is 1. The maximum Gasteiger partial charge on any atom is 0.141 e. The van der Waals surface area contributed by atoms with Gasteiger partial charge in [0.15, 0.2) is 0 Å². The summed E-state index contributed by atoms with van der Waals surface area (Å²) in [7, 11) is 0. The van der Waals surface area contributed by atoms with E-state index in [9.17, 15) is 0 Å². The highest BCUT2D eigenvalue weighted by atomic mass is 35.5. The number of ether oxygens (including phenoxy) is 1. The number of hydrogen-bond acceptors (Lipinski definition) is 4. The van der Waals surface area contributed by atoms with Crippen LogP contribution in [0.4, 0.5) is 0 Å². The molecule has 0 aromatic carbocycles. The Morgan fingerprint density at radius 1 is 1.47 bits per heavy atom. The first-order chi connectivity index (χ1) is 9.08. The molecule has 2 heterocycles. The minimum Gasteiger partial charge on any atom is -0.371 e. The second-order valence-corrected chi connectivity index (χ2v) is 5.98. The smallest absolute Gasteiger partial charge is 0.141 e. The molecule has 6 heteroatoms. The summed E-state index contributed by atoms with van der Waals surface area (Å²) in [6.45, 7) is 9.97. The highest BCUT2D eigenvalue weighted by molar-refractivity contribution is 6.18. The largest absolute Gasteiger partial charge is 0.371 e. The van der Waals surface area contributed by atoms with Gasteiger partial charge in [-0.05, 0) is 12.8 Å². The summed E-state index contributed by atoms with van der Waals surface area (Å²) in [5.41, 5.74) is 0. The number of aromatic nitrogens is 3. The summed E-state index contributed by atoms with van der Waals surface area (Å²) in [4.78, 5) is 6.72. The normalized spacial score (nSPS) is 25.1. The lowest BCUT2D eigenvalue weighted by molar-refractivity contribution is -0.0698. The molecule has 1 aliphatic heterocycles. The van der Waals surface area contributed by atoms with Gasteiger partial charge in [-0.3, -0.25) is 4.90 Å². The van der Waals surface area contributed by atoms with E-state index < -0.39 is 0 Å². The van der Waals surface area contributed by atoms with Crippen LogP contribution in [0, 0.1) is 5.92 Å². The first-order valence-electron chi connectivity index (χ1n) is 6.89. The van der Waals surface area contributed by atoms with Gasteiger partial charge in [-0.2, -0.15) is 5.10 Å². The fraction of sp³-hybridized carbons (Fsp3) is 0.846. The fourth-order valence-electron chi connectivity index (χ4n) is 2.46. The molecule has 2 unspecified atom stereocenters. The van der Waals surface area contributed by atoms with Crippen molar-refractivity contribution in [3.8, 4) is 0 Å². The van der Waals surface area contributed by atoms with Crippen molar-refractivity contribution in [2.75, 3.05) is 19.0 Å². The Kier molecular flexibility index (Phi) is 5.19. The van der Waals surface area contributed by atoms with Crippen LogP contribution in [0.5, 0.6) is 0 Å². The van der Waals surface area contributed by atoms with E-state index in [2.05, 4.69) is 35.8 Å². The van der Waals surface area contributed by atoms with Gasteiger partial charge in [-0.1, -0.05) is 13.8 Å². The highest BCUT2D eigenvalue weighted by Crippen LogP contribution is 2.15. The van der Waals surface area contributed by atoms with Crippen LogP contribution in [-0.2, 0) is 17.8 Å². The average Bonchev–Trinajstić information content (AvgIpc) is 2.75. The molecule has 1 aliphatic rings. The highest BCUT2D eigenvalue weighted by Gasteiger charge is 2.25. The average molecular weight is 287 g/mol. The zero-order valence-corrected chi connectivity index (χ0v) is 12.7. The molecule has 108 valence electrons. The van der Waals surface area contributed by atoms with Crippen molar-refractivity contribution in [1.29, 1.82) is 0 Å². The van der Waals surface area contributed by atoms with Crippen molar-refractivity contribution in [1.82, 2.24) is 19.7 Å². The van der Waals surface area contributed by atoms with E-state index in [1.165, 1.54) is 0 Å². The molecule has 0 saturated carbocycles. The Bertz CT molecular complexity index is 396. The molecule has 0 aliphatic carbocycles. The van der Waals surface area contributed by atoms with Crippen molar-refractivity contribution in [3.05, 3.63) is 12.2 Å². The summed E-state index contributed by atoms with van der Waals surface area (Å²) in [6.07, 6.45) is 1.98. The predicted octanol–water partition coefficient (Wildman–Crippen LogP) is 1.76.